The summed E-state index contributed by atoms with van der Waals surface area (Å²) in [7, 11) is 1.70. The molecule has 3 N–H and O–H groups in total. The van der Waals surface area contributed by atoms with E-state index in [9.17, 15) is 4.79 Å². The highest BCUT2D eigenvalue weighted by Gasteiger charge is 2.07. The Morgan fingerprint density at radius 2 is 2.00 bits per heavy atom. The zero-order chi connectivity index (χ0) is 18.2. The number of nitrogens with zero attached hydrogens (tertiary/aromatic N) is 3. The zero-order valence-corrected chi connectivity index (χ0v) is 18.6. The fraction of sp³-hybridized carbons (Fsp3) is 0.412. The first-order chi connectivity index (χ1) is 12.0. The van der Waals surface area contributed by atoms with E-state index in [0.29, 0.717) is 31.3 Å². The van der Waals surface area contributed by atoms with E-state index in [2.05, 4.69) is 30.9 Å². The second kappa shape index (κ2) is 11.1. The highest BCUT2D eigenvalue weighted by atomic mass is 127. The normalized spacial score (nSPS) is 10.8. The summed E-state index contributed by atoms with van der Waals surface area (Å²) in [6.45, 7) is 7.10. The van der Waals surface area contributed by atoms with Crippen LogP contribution in [0.1, 0.15) is 27.6 Å². The molecule has 0 saturated heterocycles. The second-order valence-electron chi connectivity index (χ2n) is 5.61. The summed E-state index contributed by atoms with van der Waals surface area (Å²) in [4.78, 5) is 25.8. The molecule has 2 aromatic heterocycles. The van der Waals surface area contributed by atoms with Gasteiger partial charge in [-0.3, -0.25) is 9.79 Å². The topological polar surface area (TPSA) is 91.3 Å². The summed E-state index contributed by atoms with van der Waals surface area (Å²) in [5.41, 5.74) is 2.09. The van der Waals surface area contributed by atoms with Crippen molar-refractivity contribution in [3.05, 3.63) is 39.5 Å². The van der Waals surface area contributed by atoms with Crippen LogP contribution in [-0.4, -0.2) is 35.4 Å². The molecule has 0 aliphatic heterocycles. The number of thiazole rings is 1. The lowest BCUT2D eigenvalue weighted by Gasteiger charge is -2.11. The molecular weight excluding hydrogens is 463 g/mol. The molecule has 7 nitrogen and oxygen atoms in total. The average Bonchev–Trinajstić information content (AvgIpc) is 2.90. The standard InChI is InChI=1S/C17H24N6OS.HI/c1-11-5-6-15(20-9-11)23-16(24)7-8-19-17(18-4)21-10-14-12(2)22-13(3)25-14;/h5-6,9H,7-8,10H2,1-4H3,(H2,18,19,21)(H,20,23,24);1H. The number of rotatable bonds is 6. The van der Waals surface area contributed by atoms with Crippen molar-refractivity contribution in [2.75, 3.05) is 18.9 Å². The lowest BCUT2D eigenvalue weighted by molar-refractivity contribution is -0.116. The Hall–Kier alpha value is -1.75. The quantitative estimate of drug-likeness (QED) is 0.331. The van der Waals surface area contributed by atoms with E-state index in [4.69, 9.17) is 0 Å². The van der Waals surface area contributed by atoms with Crippen LogP contribution in [0.15, 0.2) is 23.3 Å². The van der Waals surface area contributed by atoms with Crippen molar-refractivity contribution in [3.63, 3.8) is 0 Å². The Bertz CT molecular complexity index is 744. The molecule has 0 bridgehead atoms. The number of anilines is 1. The molecule has 2 aromatic rings. The first-order valence-corrected chi connectivity index (χ1v) is 8.89. The molecule has 0 atom stereocenters. The molecule has 0 fully saturated rings. The molecular formula is C17H25IN6OS. The molecule has 2 heterocycles. The predicted molar refractivity (Wildman–Crippen MR) is 117 cm³/mol. The van der Waals surface area contributed by atoms with Crippen molar-refractivity contribution in [2.45, 2.75) is 33.7 Å². The van der Waals surface area contributed by atoms with Crippen molar-refractivity contribution in [3.8, 4) is 0 Å². The van der Waals surface area contributed by atoms with E-state index in [1.54, 1.807) is 30.6 Å². The Morgan fingerprint density at radius 3 is 2.58 bits per heavy atom. The number of hydrogen-bond donors (Lipinski definition) is 3. The zero-order valence-electron chi connectivity index (χ0n) is 15.4. The van der Waals surface area contributed by atoms with Crippen molar-refractivity contribution in [1.82, 2.24) is 20.6 Å². The fourth-order valence-electron chi connectivity index (χ4n) is 2.16. The SMILES string of the molecule is CN=C(NCCC(=O)Nc1ccc(C)cn1)NCc1sc(C)nc1C.I. The van der Waals surface area contributed by atoms with Gasteiger partial charge in [0.25, 0.3) is 0 Å². The predicted octanol–water partition coefficient (Wildman–Crippen LogP) is 2.78. The number of guanidine groups is 1. The molecule has 0 spiro atoms. The number of aromatic nitrogens is 2. The Morgan fingerprint density at radius 1 is 1.23 bits per heavy atom. The largest absolute Gasteiger partial charge is 0.356 e. The van der Waals surface area contributed by atoms with Gasteiger partial charge >= 0.3 is 0 Å². The molecule has 9 heteroatoms. The second-order valence-corrected chi connectivity index (χ2v) is 6.90. The lowest BCUT2D eigenvalue weighted by Crippen LogP contribution is -2.38. The van der Waals surface area contributed by atoms with E-state index >= 15 is 0 Å². The molecule has 26 heavy (non-hydrogen) atoms. The number of pyridine rings is 1. The third kappa shape index (κ3) is 7.24. The number of carbonyl (C=O) groups excluding carboxylic acids is 1. The Kier molecular flexibility index (Phi) is 9.49. The van der Waals surface area contributed by atoms with Crippen LogP contribution in [0.4, 0.5) is 5.82 Å². The van der Waals surface area contributed by atoms with Crippen LogP contribution < -0.4 is 16.0 Å². The number of aliphatic imine (C=N–C) groups is 1. The van der Waals surface area contributed by atoms with E-state index < -0.39 is 0 Å². The maximum atomic E-state index is 11.9. The molecule has 0 aliphatic rings. The number of hydrogen-bond acceptors (Lipinski definition) is 5. The first kappa shape index (κ1) is 22.3. The van der Waals surface area contributed by atoms with Crippen molar-refractivity contribution < 1.29 is 4.79 Å². The van der Waals surface area contributed by atoms with Crippen LogP contribution in [0.25, 0.3) is 0 Å². The molecule has 0 unspecified atom stereocenters. The van der Waals surface area contributed by atoms with Crippen LogP contribution in [0.5, 0.6) is 0 Å². The Labute approximate surface area is 175 Å². The highest BCUT2D eigenvalue weighted by molar-refractivity contribution is 14.0. The maximum Gasteiger partial charge on any atom is 0.227 e. The number of carbonyl (C=O) groups is 1. The van der Waals surface area contributed by atoms with Gasteiger partial charge in [0.15, 0.2) is 5.96 Å². The van der Waals surface area contributed by atoms with Gasteiger partial charge in [-0.25, -0.2) is 9.97 Å². The summed E-state index contributed by atoms with van der Waals surface area (Å²) in [5.74, 6) is 1.13. The van der Waals surface area contributed by atoms with Gasteiger partial charge < -0.3 is 16.0 Å². The van der Waals surface area contributed by atoms with Crippen LogP contribution >= 0.6 is 35.3 Å². The van der Waals surface area contributed by atoms with Crippen molar-refractivity contribution in [1.29, 1.82) is 0 Å². The van der Waals surface area contributed by atoms with E-state index in [0.717, 1.165) is 16.3 Å². The molecule has 0 radical (unpaired) electrons. The average molecular weight is 488 g/mol. The van der Waals surface area contributed by atoms with Crippen molar-refractivity contribution >= 4 is 53.0 Å². The van der Waals surface area contributed by atoms with Crippen LogP contribution in [0.3, 0.4) is 0 Å². The van der Waals surface area contributed by atoms with Crippen LogP contribution in [0, 0.1) is 20.8 Å². The Balaban J connectivity index is 0.00000338. The molecule has 0 aromatic carbocycles. The number of halogens is 1. The summed E-state index contributed by atoms with van der Waals surface area (Å²) in [6.07, 6.45) is 2.05. The summed E-state index contributed by atoms with van der Waals surface area (Å²) < 4.78 is 0. The summed E-state index contributed by atoms with van der Waals surface area (Å²) >= 11 is 1.67. The number of amides is 1. The van der Waals surface area contributed by atoms with E-state index in [1.165, 1.54) is 4.88 Å². The van der Waals surface area contributed by atoms with E-state index in [-0.39, 0.29) is 29.9 Å². The third-order valence-electron chi connectivity index (χ3n) is 3.46. The third-order valence-corrected chi connectivity index (χ3v) is 4.54. The van der Waals surface area contributed by atoms with Gasteiger partial charge in [-0.15, -0.1) is 35.3 Å². The van der Waals surface area contributed by atoms with Gasteiger partial charge in [-0.2, -0.15) is 0 Å². The minimum absolute atomic E-state index is 0. The molecule has 1 amide bonds. The number of nitrogens with one attached hydrogen (secondary N) is 3. The van der Waals surface area contributed by atoms with E-state index in [1.807, 2.05) is 26.8 Å². The first-order valence-electron chi connectivity index (χ1n) is 8.08. The monoisotopic (exact) mass is 488 g/mol. The minimum Gasteiger partial charge on any atom is -0.356 e. The van der Waals surface area contributed by atoms with Gasteiger partial charge in [-0.05, 0) is 32.4 Å². The highest BCUT2D eigenvalue weighted by Crippen LogP contribution is 2.16. The lowest BCUT2D eigenvalue weighted by atomic mass is 10.3. The minimum atomic E-state index is -0.0896. The van der Waals surface area contributed by atoms with Crippen molar-refractivity contribution in [2.24, 2.45) is 4.99 Å². The fourth-order valence-corrected chi connectivity index (χ4v) is 3.04. The smallest absolute Gasteiger partial charge is 0.227 e. The molecule has 142 valence electrons. The summed E-state index contributed by atoms with van der Waals surface area (Å²) in [6, 6.07) is 3.70. The van der Waals surface area contributed by atoms with Gasteiger partial charge in [-0.1, -0.05) is 6.07 Å². The van der Waals surface area contributed by atoms with Crippen LogP contribution in [0.2, 0.25) is 0 Å². The van der Waals surface area contributed by atoms with Gasteiger partial charge in [0.2, 0.25) is 5.91 Å². The molecule has 2 rings (SSSR count). The van der Waals surface area contributed by atoms with Gasteiger partial charge in [0, 0.05) is 31.1 Å². The van der Waals surface area contributed by atoms with Crippen LogP contribution in [-0.2, 0) is 11.3 Å². The maximum absolute atomic E-state index is 11.9. The van der Waals surface area contributed by atoms with Gasteiger partial charge in [0.05, 0.1) is 17.2 Å². The molecule has 0 saturated carbocycles. The summed E-state index contributed by atoms with van der Waals surface area (Å²) in [5, 5.41) is 10.2. The molecule has 0 aliphatic carbocycles. The van der Waals surface area contributed by atoms with Gasteiger partial charge in [0.1, 0.15) is 5.82 Å². The number of aryl methyl sites for hydroxylation is 3.